The van der Waals surface area contributed by atoms with E-state index >= 15 is 0 Å². The SMILES string of the molecule is [CH2]C(CC)S(=O)(=O)[O-].[Na+]. The first-order valence-corrected chi connectivity index (χ1v) is 3.73. The largest absolute Gasteiger partial charge is 1.00 e. The van der Waals surface area contributed by atoms with Crippen LogP contribution in [-0.4, -0.2) is 18.2 Å². The third-order valence-electron chi connectivity index (χ3n) is 0.864. The van der Waals surface area contributed by atoms with Crippen LogP contribution in [0.5, 0.6) is 0 Å². The third-order valence-corrected chi connectivity index (χ3v) is 2.01. The molecule has 0 heterocycles. The Bertz CT molecular complexity index is 151. The molecular formula is C4H8NaO3S. The van der Waals surface area contributed by atoms with E-state index in [4.69, 9.17) is 0 Å². The summed E-state index contributed by atoms with van der Waals surface area (Å²) >= 11 is 0. The van der Waals surface area contributed by atoms with E-state index in [1.54, 1.807) is 6.92 Å². The minimum absolute atomic E-state index is 0. The molecule has 0 aromatic heterocycles. The smallest absolute Gasteiger partial charge is 0.748 e. The van der Waals surface area contributed by atoms with Crippen molar-refractivity contribution in [3.63, 3.8) is 0 Å². The van der Waals surface area contributed by atoms with Crippen molar-refractivity contribution < 1.29 is 42.5 Å². The molecule has 3 nitrogen and oxygen atoms in total. The first kappa shape index (κ1) is 12.6. The first-order valence-electron chi connectivity index (χ1n) is 2.26. The summed E-state index contributed by atoms with van der Waals surface area (Å²) < 4.78 is 29.8. The molecular weight excluding hydrogens is 151 g/mol. The van der Waals surface area contributed by atoms with E-state index in [1.165, 1.54) is 0 Å². The predicted molar refractivity (Wildman–Crippen MR) is 29.1 cm³/mol. The second-order valence-electron chi connectivity index (χ2n) is 1.52. The third kappa shape index (κ3) is 5.36. The fraction of sp³-hybridized carbons (Fsp3) is 0.750. The van der Waals surface area contributed by atoms with Crippen LogP contribution in [0.2, 0.25) is 0 Å². The molecule has 0 aromatic carbocycles. The zero-order chi connectivity index (χ0) is 6.78. The van der Waals surface area contributed by atoms with Crippen LogP contribution in [0.15, 0.2) is 0 Å². The summed E-state index contributed by atoms with van der Waals surface area (Å²) in [5.41, 5.74) is 0. The van der Waals surface area contributed by atoms with Gasteiger partial charge in [-0.05, 0) is 13.3 Å². The molecule has 0 fully saturated rings. The topological polar surface area (TPSA) is 57.2 Å². The van der Waals surface area contributed by atoms with Crippen molar-refractivity contribution in [1.29, 1.82) is 0 Å². The molecule has 0 amide bonds. The molecule has 0 aliphatic rings. The molecule has 0 saturated heterocycles. The maximum atomic E-state index is 9.94. The van der Waals surface area contributed by atoms with Crippen molar-refractivity contribution in [3.8, 4) is 0 Å². The Balaban J connectivity index is 0. The second-order valence-corrected chi connectivity index (χ2v) is 3.18. The Labute approximate surface area is 77.9 Å². The normalized spacial score (nSPS) is 14.1. The van der Waals surface area contributed by atoms with Gasteiger partial charge in [0.2, 0.25) is 0 Å². The molecule has 0 aliphatic heterocycles. The Morgan fingerprint density at radius 1 is 1.67 bits per heavy atom. The van der Waals surface area contributed by atoms with E-state index < -0.39 is 15.4 Å². The Hall–Kier alpha value is 0.910. The van der Waals surface area contributed by atoms with E-state index in [0.717, 1.165) is 0 Å². The number of rotatable bonds is 2. The maximum Gasteiger partial charge on any atom is 1.00 e. The summed E-state index contributed by atoms with van der Waals surface area (Å²) in [5.74, 6) is 0. The predicted octanol–water partition coefficient (Wildman–Crippen LogP) is -2.85. The summed E-state index contributed by atoms with van der Waals surface area (Å²) in [6.07, 6.45) is 0.284. The monoisotopic (exact) mass is 159 g/mol. The molecule has 0 spiro atoms. The molecule has 0 N–H and O–H groups in total. The van der Waals surface area contributed by atoms with E-state index in [9.17, 15) is 13.0 Å². The van der Waals surface area contributed by atoms with Crippen molar-refractivity contribution in [3.05, 3.63) is 6.92 Å². The van der Waals surface area contributed by atoms with Gasteiger partial charge in [-0.25, -0.2) is 8.42 Å². The van der Waals surface area contributed by atoms with Crippen molar-refractivity contribution in [2.24, 2.45) is 0 Å². The zero-order valence-electron chi connectivity index (χ0n) is 5.62. The first-order chi connectivity index (χ1) is 3.48. The maximum absolute atomic E-state index is 9.94. The quantitative estimate of drug-likeness (QED) is 0.322. The fourth-order valence-electron chi connectivity index (χ4n) is 0.204. The standard InChI is InChI=1S/C4H9O3S.Na/c1-3-4(2)8(5,6)7;/h4H,2-3H2,1H3,(H,5,6,7);/q;+1/p-1. The summed E-state index contributed by atoms with van der Waals surface area (Å²) in [5, 5.41) is -0.984. The molecule has 0 aliphatic carbocycles. The van der Waals surface area contributed by atoms with E-state index in [1.807, 2.05) is 0 Å². The molecule has 0 aromatic rings. The molecule has 5 heteroatoms. The van der Waals surface area contributed by atoms with Gasteiger partial charge in [-0.2, -0.15) is 0 Å². The van der Waals surface area contributed by atoms with Crippen molar-refractivity contribution in [2.75, 3.05) is 0 Å². The fourth-order valence-corrected chi connectivity index (χ4v) is 0.612. The molecule has 0 bridgehead atoms. The Morgan fingerprint density at radius 3 is 2.00 bits per heavy atom. The van der Waals surface area contributed by atoms with Gasteiger partial charge in [0.05, 0.1) is 10.1 Å². The molecule has 49 valence electrons. The van der Waals surface area contributed by atoms with Crippen LogP contribution in [0.1, 0.15) is 13.3 Å². The van der Waals surface area contributed by atoms with Crippen LogP contribution in [0, 0.1) is 6.92 Å². The summed E-state index contributed by atoms with van der Waals surface area (Å²) in [7, 11) is -4.11. The van der Waals surface area contributed by atoms with Gasteiger partial charge in [0.25, 0.3) is 0 Å². The van der Waals surface area contributed by atoms with Crippen molar-refractivity contribution in [1.82, 2.24) is 0 Å². The summed E-state index contributed by atoms with van der Waals surface area (Å²) in [6, 6.07) is 0. The van der Waals surface area contributed by atoms with Gasteiger partial charge in [0.15, 0.2) is 0 Å². The average molecular weight is 159 g/mol. The van der Waals surface area contributed by atoms with Gasteiger partial charge < -0.3 is 4.55 Å². The molecule has 0 rings (SSSR count). The van der Waals surface area contributed by atoms with E-state index in [0.29, 0.717) is 0 Å². The number of hydrogen-bond donors (Lipinski definition) is 0. The number of hydrogen-bond acceptors (Lipinski definition) is 3. The summed E-state index contributed by atoms with van der Waals surface area (Å²) in [4.78, 5) is 0. The zero-order valence-corrected chi connectivity index (χ0v) is 8.44. The van der Waals surface area contributed by atoms with Crippen LogP contribution in [0.4, 0.5) is 0 Å². The van der Waals surface area contributed by atoms with Crippen LogP contribution >= 0.6 is 0 Å². The molecule has 0 saturated carbocycles. The molecule has 1 radical (unpaired) electrons. The average Bonchev–Trinajstić information content (AvgIpc) is 1.62. The molecule has 1 unspecified atom stereocenters. The van der Waals surface area contributed by atoms with Gasteiger partial charge in [-0.15, -0.1) is 0 Å². The van der Waals surface area contributed by atoms with Gasteiger partial charge in [0, 0.05) is 5.25 Å². The molecule has 9 heavy (non-hydrogen) atoms. The van der Waals surface area contributed by atoms with Gasteiger partial charge in [0.1, 0.15) is 0 Å². The van der Waals surface area contributed by atoms with Gasteiger partial charge in [-0.3, -0.25) is 0 Å². The van der Waals surface area contributed by atoms with Gasteiger partial charge >= 0.3 is 29.6 Å². The minimum Gasteiger partial charge on any atom is -0.748 e. The minimum atomic E-state index is -4.11. The molecule has 1 atom stereocenters. The van der Waals surface area contributed by atoms with E-state index in [2.05, 4.69) is 6.92 Å². The van der Waals surface area contributed by atoms with Crippen LogP contribution < -0.4 is 29.6 Å². The van der Waals surface area contributed by atoms with Gasteiger partial charge in [-0.1, -0.05) is 6.92 Å². The van der Waals surface area contributed by atoms with Crippen LogP contribution in [0.3, 0.4) is 0 Å². The van der Waals surface area contributed by atoms with Crippen molar-refractivity contribution >= 4 is 10.1 Å². The second kappa shape index (κ2) is 4.68. The van der Waals surface area contributed by atoms with Crippen LogP contribution in [0.25, 0.3) is 0 Å². The Morgan fingerprint density at radius 2 is 2.00 bits per heavy atom. The summed E-state index contributed by atoms with van der Waals surface area (Å²) in [6.45, 7) is 4.73. The van der Waals surface area contributed by atoms with Crippen molar-refractivity contribution in [2.45, 2.75) is 18.6 Å². The van der Waals surface area contributed by atoms with E-state index in [-0.39, 0.29) is 36.0 Å². The Kier molecular flexibility index (Phi) is 6.54. The van der Waals surface area contributed by atoms with Crippen LogP contribution in [-0.2, 0) is 10.1 Å².